The molecule has 0 aliphatic heterocycles. The van der Waals surface area contributed by atoms with Crippen molar-refractivity contribution in [1.82, 2.24) is 10.9 Å². The summed E-state index contributed by atoms with van der Waals surface area (Å²) in [6, 6.07) is 33.7. The van der Waals surface area contributed by atoms with E-state index in [-0.39, 0.29) is 5.91 Å². The molecule has 0 spiro atoms. The van der Waals surface area contributed by atoms with E-state index in [1.807, 2.05) is 72.8 Å². The van der Waals surface area contributed by atoms with Gasteiger partial charge in [-0.2, -0.15) is 0 Å². The molecule has 0 aromatic heterocycles. The molecule has 0 radical (unpaired) electrons. The minimum absolute atomic E-state index is 0.388. The molecule has 0 heterocycles. The zero-order chi connectivity index (χ0) is 22.2. The van der Waals surface area contributed by atoms with Gasteiger partial charge in [0.15, 0.2) is 0 Å². The Morgan fingerprint density at radius 1 is 0.562 bits per heavy atom. The van der Waals surface area contributed by atoms with Crippen LogP contribution >= 0.6 is 0 Å². The molecule has 0 saturated carbocycles. The van der Waals surface area contributed by atoms with E-state index < -0.39 is 5.91 Å². The highest BCUT2D eigenvalue weighted by molar-refractivity contribution is 5.99. The molecule has 158 valence electrons. The van der Waals surface area contributed by atoms with E-state index >= 15 is 0 Å². The van der Waals surface area contributed by atoms with E-state index in [0.29, 0.717) is 23.5 Å². The third-order valence-corrected chi connectivity index (χ3v) is 4.91. The van der Waals surface area contributed by atoms with Crippen LogP contribution < -0.4 is 15.6 Å². The average Bonchev–Trinajstić information content (AvgIpc) is 2.87. The fourth-order valence-electron chi connectivity index (χ4n) is 3.15. The molecule has 0 atom stereocenters. The van der Waals surface area contributed by atoms with Gasteiger partial charge in [0.25, 0.3) is 11.8 Å². The highest BCUT2D eigenvalue weighted by Gasteiger charge is 2.10. The van der Waals surface area contributed by atoms with Gasteiger partial charge in [-0.05, 0) is 53.1 Å². The molecule has 0 aliphatic rings. The van der Waals surface area contributed by atoms with Crippen LogP contribution in [-0.4, -0.2) is 11.8 Å². The summed E-state index contributed by atoms with van der Waals surface area (Å²) in [5.41, 5.74) is 8.91. The Morgan fingerprint density at radius 2 is 1.03 bits per heavy atom. The molecule has 0 bridgehead atoms. The van der Waals surface area contributed by atoms with Crippen molar-refractivity contribution < 1.29 is 14.3 Å². The highest BCUT2D eigenvalue weighted by atomic mass is 16.5. The van der Waals surface area contributed by atoms with Gasteiger partial charge in [0.1, 0.15) is 12.4 Å². The van der Waals surface area contributed by atoms with E-state index in [1.54, 1.807) is 36.4 Å². The molecule has 0 saturated heterocycles. The first-order valence-electron chi connectivity index (χ1n) is 10.2. The fraction of sp³-hybridized carbons (Fsp3) is 0.0370. The summed E-state index contributed by atoms with van der Waals surface area (Å²) in [7, 11) is 0. The monoisotopic (exact) mass is 422 g/mol. The molecule has 5 nitrogen and oxygen atoms in total. The number of hydrogen-bond acceptors (Lipinski definition) is 3. The van der Waals surface area contributed by atoms with Crippen molar-refractivity contribution in [3.63, 3.8) is 0 Å². The number of carbonyl (C=O) groups is 2. The number of rotatable bonds is 6. The number of carbonyl (C=O) groups excluding carboxylic acids is 2. The maximum atomic E-state index is 12.4. The predicted octanol–water partition coefficient (Wildman–Crippen LogP) is 5.01. The van der Waals surface area contributed by atoms with Gasteiger partial charge in [0.05, 0.1) is 0 Å². The van der Waals surface area contributed by atoms with Crippen molar-refractivity contribution in [3.8, 4) is 16.9 Å². The Labute approximate surface area is 186 Å². The van der Waals surface area contributed by atoms with Gasteiger partial charge < -0.3 is 4.74 Å². The second kappa shape index (κ2) is 10.1. The normalized spacial score (nSPS) is 10.2. The quantitative estimate of drug-likeness (QED) is 0.430. The molecule has 4 aromatic rings. The average molecular weight is 422 g/mol. The van der Waals surface area contributed by atoms with Gasteiger partial charge in [0.2, 0.25) is 0 Å². The molecule has 2 N–H and O–H groups in total. The van der Waals surface area contributed by atoms with Crippen LogP contribution in [0.5, 0.6) is 5.75 Å². The topological polar surface area (TPSA) is 67.4 Å². The van der Waals surface area contributed by atoms with Crippen molar-refractivity contribution in [2.24, 2.45) is 0 Å². The summed E-state index contributed by atoms with van der Waals surface area (Å²) in [5, 5.41) is 0. The van der Waals surface area contributed by atoms with Gasteiger partial charge in [-0.1, -0.05) is 72.8 Å². The van der Waals surface area contributed by atoms with E-state index in [0.717, 1.165) is 16.7 Å². The van der Waals surface area contributed by atoms with Crippen molar-refractivity contribution in [3.05, 3.63) is 126 Å². The predicted molar refractivity (Wildman–Crippen MR) is 124 cm³/mol. The van der Waals surface area contributed by atoms with Crippen molar-refractivity contribution in [1.29, 1.82) is 0 Å². The molecule has 2 amide bonds. The summed E-state index contributed by atoms with van der Waals surface area (Å²) < 4.78 is 5.72. The van der Waals surface area contributed by atoms with Crippen molar-refractivity contribution in [2.75, 3.05) is 0 Å². The number of amides is 2. The molecule has 0 aliphatic carbocycles. The molecule has 0 fully saturated rings. The SMILES string of the molecule is O=C(NNC(=O)c1ccc(-c2ccccc2)cc1)c1ccc(OCc2ccccc2)cc1. The van der Waals surface area contributed by atoms with E-state index in [1.165, 1.54) is 0 Å². The Morgan fingerprint density at radius 3 is 1.59 bits per heavy atom. The number of nitrogens with one attached hydrogen (secondary N) is 2. The van der Waals surface area contributed by atoms with Crippen molar-refractivity contribution in [2.45, 2.75) is 6.61 Å². The third kappa shape index (κ3) is 5.40. The van der Waals surface area contributed by atoms with Crippen LogP contribution in [-0.2, 0) is 6.61 Å². The molecular weight excluding hydrogens is 400 g/mol. The lowest BCUT2D eigenvalue weighted by molar-refractivity contribution is 0.0846. The van der Waals surface area contributed by atoms with Crippen LogP contribution in [0.1, 0.15) is 26.3 Å². The first-order chi connectivity index (χ1) is 15.7. The summed E-state index contributed by atoms with van der Waals surface area (Å²) in [6.07, 6.45) is 0. The van der Waals surface area contributed by atoms with Gasteiger partial charge in [-0.15, -0.1) is 0 Å². The lowest BCUT2D eigenvalue weighted by Gasteiger charge is -2.09. The first kappa shape index (κ1) is 20.9. The van der Waals surface area contributed by atoms with Gasteiger partial charge in [0, 0.05) is 11.1 Å². The summed E-state index contributed by atoms with van der Waals surface area (Å²) in [6.45, 7) is 0.450. The van der Waals surface area contributed by atoms with Crippen LogP contribution in [0.4, 0.5) is 0 Å². The molecule has 4 rings (SSSR count). The second-order valence-electron chi connectivity index (χ2n) is 7.15. The molecule has 0 unspecified atom stereocenters. The van der Waals surface area contributed by atoms with E-state index in [4.69, 9.17) is 4.74 Å². The largest absolute Gasteiger partial charge is 0.489 e. The minimum atomic E-state index is -0.408. The number of benzene rings is 4. The lowest BCUT2D eigenvalue weighted by atomic mass is 10.0. The fourth-order valence-corrected chi connectivity index (χ4v) is 3.15. The molecular formula is C27H22N2O3. The molecule has 5 heteroatoms. The Bertz CT molecular complexity index is 1170. The van der Waals surface area contributed by atoms with E-state index in [2.05, 4.69) is 10.9 Å². The Kier molecular flexibility index (Phi) is 6.58. The number of hydrazine groups is 1. The second-order valence-corrected chi connectivity index (χ2v) is 7.15. The van der Waals surface area contributed by atoms with Gasteiger partial charge >= 0.3 is 0 Å². The van der Waals surface area contributed by atoms with Crippen LogP contribution in [0.25, 0.3) is 11.1 Å². The first-order valence-corrected chi connectivity index (χ1v) is 10.2. The standard InChI is InChI=1S/C27H22N2O3/c30-26(23-13-11-22(12-14-23)21-9-5-2-6-10-21)28-29-27(31)24-15-17-25(18-16-24)32-19-20-7-3-1-4-8-20/h1-18H,19H2,(H,28,30)(H,29,31). The van der Waals surface area contributed by atoms with Crippen LogP contribution in [0.2, 0.25) is 0 Å². The van der Waals surface area contributed by atoms with Crippen LogP contribution in [0.15, 0.2) is 109 Å². The maximum absolute atomic E-state index is 12.4. The minimum Gasteiger partial charge on any atom is -0.489 e. The van der Waals surface area contributed by atoms with Crippen LogP contribution in [0.3, 0.4) is 0 Å². The molecule has 4 aromatic carbocycles. The van der Waals surface area contributed by atoms with Gasteiger partial charge in [-0.25, -0.2) is 0 Å². The Balaban J connectivity index is 1.29. The van der Waals surface area contributed by atoms with Crippen molar-refractivity contribution >= 4 is 11.8 Å². The molecule has 32 heavy (non-hydrogen) atoms. The van der Waals surface area contributed by atoms with E-state index in [9.17, 15) is 9.59 Å². The highest BCUT2D eigenvalue weighted by Crippen LogP contribution is 2.19. The number of ether oxygens (including phenoxy) is 1. The summed E-state index contributed by atoms with van der Waals surface area (Å²) in [5.74, 6) is -0.136. The smallest absolute Gasteiger partial charge is 0.269 e. The van der Waals surface area contributed by atoms with Crippen LogP contribution in [0, 0.1) is 0 Å². The maximum Gasteiger partial charge on any atom is 0.269 e. The zero-order valence-corrected chi connectivity index (χ0v) is 17.3. The van der Waals surface area contributed by atoms with Gasteiger partial charge in [-0.3, -0.25) is 20.4 Å². The summed E-state index contributed by atoms with van der Waals surface area (Å²) in [4.78, 5) is 24.7. The Hall–Kier alpha value is -4.38. The lowest BCUT2D eigenvalue weighted by Crippen LogP contribution is -2.41. The summed E-state index contributed by atoms with van der Waals surface area (Å²) >= 11 is 0. The zero-order valence-electron chi connectivity index (χ0n) is 17.3. The number of hydrogen-bond donors (Lipinski definition) is 2. The third-order valence-electron chi connectivity index (χ3n) is 4.91.